The number of aromatic amines is 1. The minimum Gasteiger partial charge on any atom is -0.481 e. The van der Waals surface area contributed by atoms with Crippen LogP contribution in [0.25, 0.3) is 11.1 Å². The van der Waals surface area contributed by atoms with Crippen LogP contribution in [0, 0.1) is 0 Å². The zero-order valence-corrected chi connectivity index (χ0v) is 17.6. The van der Waals surface area contributed by atoms with Crippen molar-refractivity contribution in [3.63, 3.8) is 0 Å². The van der Waals surface area contributed by atoms with Gasteiger partial charge < -0.3 is 15.2 Å². The van der Waals surface area contributed by atoms with Gasteiger partial charge in [0.2, 0.25) is 0 Å². The van der Waals surface area contributed by atoms with Crippen LogP contribution < -0.4 is 10.6 Å². The molecule has 0 saturated heterocycles. The summed E-state index contributed by atoms with van der Waals surface area (Å²) in [7, 11) is 0. The van der Waals surface area contributed by atoms with Gasteiger partial charge in [0, 0.05) is 12.0 Å². The summed E-state index contributed by atoms with van der Waals surface area (Å²) in [5.74, 6) is -1.36. The topological polar surface area (TPSA) is 133 Å². The molecule has 1 heterocycles. The number of nitrogens with one attached hydrogen (secondary N) is 3. The van der Waals surface area contributed by atoms with Crippen molar-refractivity contribution in [3.8, 4) is 11.1 Å². The number of carboxylic acids is 1. The number of hydrogen-bond donors (Lipinski definition) is 4. The lowest BCUT2D eigenvalue weighted by Crippen LogP contribution is -2.38. The molecule has 0 radical (unpaired) electrons. The summed E-state index contributed by atoms with van der Waals surface area (Å²) in [6, 6.07) is 17.5. The molecule has 0 atom stereocenters. The Balaban J connectivity index is 1.19. The number of ether oxygens (including phenoxy) is 1. The number of aromatic nitrogens is 2. The summed E-state index contributed by atoms with van der Waals surface area (Å²) < 4.78 is 5.48. The molecule has 1 aromatic heterocycles. The van der Waals surface area contributed by atoms with Crippen LogP contribution in [-0.4, -0.2) is 45.4 Å². The molecule has 5 rings (SSSR count). The van der Waals surface area contributed by atoms with Crippen molar-refractivity contribution in [2.45, 2.75) is 30.7 Å². The lowest BCUT2D eigenvalue weighted by atomic mass is 9.98. The van der Waals surface area contributed by atoms with Crippen LogP contribution in [0.2, 0.25) is 0 Å². The van der Waals surface area contributed by atoms with E-state index in [1.165, 1.54) is 6.07 Å². The third-order valence-corrected chi connectivity index (χ3v) is 6.12. The molecule has 9 heteroatoms. The van der Waals surface area contributed by atoms with Crippen LogP contribution in [0.5, 0.6) is 0 Å². The van der Waals surface area contributed by atoms with Crippen molar-refractivity contribution in [1.29, 1.82) is 0 Å². The van der Waals surface area contributed by atoms with Gasteiger partial charge in [-0.05, 0) is 35.1 Å². The molecule has 1 fully saturated rings. The quantitative estimate of drug-likeness (QED) is 0.439. The Bertz CT molecular complexity index is 1200. The molecule has 9 nitrogen and oxygen atoms in total. The highest BCUT2D eigenvalue weighted by molar-refractivity contribution is 5.95. The van der Waals surface area contributed by atoms with Crippen LogP contribution >= 0.6 is 0 Å². The largest absolute Gasteiger partial charge is 0.481 e. The standard InChI is InChI=1S/C24H22N4O5/c29-21(30)12-24(9-10-24)26-22(31)19-11-20(28-27-19)25-23(32)33-13-18-16-7-3-1-5-14(16)15-6-2-4-8-17(15)18/h1-8,11,18H,9-10,12-13H2,(H,26,31)(H,29,30)(H2,25,27,28,32). The first-order valence-corrected chi connectivity index (χ1v) is 10.7. The van der Waals surface area contributed by atoms with Crippen molar-refractivity contribution in [1.82, 2.24) is 15.5 Å². The number of fused-ring (bicyclic) bond motifs is 3. The number of aliphatic carboxylic acids is 1. The maximum atomic E-state index is 12.4. The third-order valence-electron chi connectivity index (χ3n) is 6.12. The molecule has 168 valence electrons. The van der Waals surface area contributed by atoms with E-state index in [9.17, 15) is 14.4 Å². The maximum absolute atomic E-state index is 12.4. The number of H-pyrrole nitrogens is 1. The van der Waals surface area contributed by atoms with Gasteiger partial charge in [0.1, 0.15) is 12.3 Å². The monoisotopic (exact) mass is 446 g/mol. The molecule has 0 aliphatic heterocycles. The number of anilines is 1. The molecule has 4 N–H and O–H groups in total. The van der Waals surface area contributed by atoms with E-state index in [1.54, 1.807) is 0 Å². The van der Waals surface area contributed by atoms with Gasteiger partial charge >= 0.3 is 12.1 Å². The fourth-order valence-corrected chi connectivity index (χ4v) is 4.34. The first-order chi connectivity index (χ1) is 15.9. The van der Waals surface area contributed by atoms with Gasteiger partial charge in [-0.15, -0.1) is 0 Å². The summed E-state index contributed by atoms with van der Waals surface area (Å²) in [5, 5.41) is 20.7. The number of carbonyl (C=O) groups excluding carboxylic acids is 2. The molecule has 2 aromatic carbocycles. The number of amides is 2. The van der Waals surface area contributed by atoms with Crippen LogP contribution in [0.1, 0.15) is 46.8 Å². The first kappa shape index (κ1) is 20.7. The predicted octanol–water partition coefficient (Wildman–Crippen LogP) is 3.51. The molecular formula is C24H22N4O5. The third kappa shape index (κ3) is 4.17. The number of benzene rings is 2. The Morgan fingerprint density at radius 3 is 2.30 bits per heavy atom. The van der Waals surface area contributed by atoms with Gasteiger partial charge in [-0.1, -0.05) is 48.5 Å². The summed E-state index contributed by atoms with van der Waals surface area (Å²) in [6.45, 7) is 0.162. The van der Waals surface area contributed by atoms with E-state index in [0.29, 0.717) is 12.8 Å². The fraction of sp³-hybridized carbons (Fsp3) is 0.250. The Labute approximate surface area is 189 Å². The number of carbonyl (C=O) groups is 3. The summed E-state index contributed by atoms with van der Waals surface area (Å²) in [4.78, 5) is 35.7. The van der Waals surface area contributed by atoms with Crippen LogP contribution in [0.15, 0.2) is 54.6 Å². The number of rotatable bonds is 7. The van der Waals surface area contributed by atoms with E-state index in [4.69, 9.17) is 9.84 Å². The van der Waals surface area contributed by atoms with Gasteiger partial charge in [0.15, 0.2) is 5.82 Å². The smallest absolute Gasteiger partial charge is 0.412 e. The molecule has 0 bridgehead atoms. The highest BCUT2D eigenvalue weighted by Gasteiger charge is 2.46. The van der Waals surface area contributed by atoms with Gasteiger partial charge in [-0.2, -0.15) is 5.10 Å². The number of nitrogens with zero attached hydrogens (tertiary/aromatic N) is 1. The van der Waals surface area contributed by atoms with E-state index < -0.39 is 23.5 Å². The molecule has 2 aliphatic carbocycles. The predicted molar refractivity (Wildman–Crippen MR) is 119 cm³/mol. The first-order valence-electron chi connectivity index (χ1n) is 10.7. The maximum Gasteiger partial charge on any atom is 0.412 e. The van der Waals surface area contributed by atoms with E-state index in [0.717, 1.165) is 22.3 Å². The van der Waals surface area contributed by atoms with Crippen molar-refractivity contribution in [2.75, 3.05) is 11.9 Å². The Hall–Kier alpha value is -4.14. The average molecular weight is 446 g/mol. The lowest BCUT2D eigenvalue weighted by molar-refractivity contribution is -0.137. The second-order valence-electron chi connectivity index (χ2n) is 8.42. The van der Waals surface area contributed by atoms with Crippen LogP contribution in [0.3, 0.4) is 0 Å². The lowest BCUT2D eigenvalue weighted by Gasteiger charge is -2.14. The van der Waals surface area contributed by atoms with Gasteiger partial charge in [0.25, 0.3) is 5.91 Å². The average Bonchev–Trinajstić information content (AvgIpc) is 3.24. The van der Waals surface area contributed by atoms with Crippen molar-refractivity contribution < 1.29 is 24.2 Å². The van der Waals surface area contributed by atoms with E-state index in [2.05, 4.69) is 33.0 Å². The Morgan fingerprint density at radius 2 is 1.70 bits per heavy atom. The van der Waals surface area contributed by atoms with Crippen molar-refractivity contribution in [3.05, 3.63) is 71.4 Å². The van der Waals surface area contributed by atoms with E-state index in [1.807, 2.05) is 36.4 Å². The van der Waals surface area contributed by atoms with Crippen LogP contribution in [-0.2, 0) is 9.53 Å². The highest BCUT2D eigenvalue weighted by atomic mass is 16.5. The summed E-state index contributed by atoms with van der Waals surface area (Å²) in [5.41, 5.74) is 3.93. The van der Waals surface area contributed by atoms with E-state index in [-0.39, 0.29) is 30.5 Å². The molecular weight excluding hydrogens is 424 g/mol. The molecule has 1 saturated carbocycles. The van der Waals surface area contributed by atoms with Gasteiger partial charge in [-0.3, -0.25) is 20.0 Å². The molecule has 0 spiro atoms. The van der Waals surface area contributed by atoms with Crippen LogP contribution in [0.4, 0.5) is 10.6 Å². The van der Waals surface area contributed by atoms with Crippen molar-refractivity contribution in [2.24, 2.45) is 0 Å². The zero-order chi connectivity index (χ0) is 23.0. The summed E-state index contributed by atoms with van der Waals surface area (Å²) >= 11 is 0. The Morgan fingerprint density at radius 1 is 1.06 bits per heavy atom. The SMILES string of the molecule is O=C(O)CC1(NC(=O)c2cc(NC(=O)OCC3c4ccccc4-c4ccccc43)n[nH]2)CC1. The fourth-order valence-electron chi connectivity index (χ4n) is 4.34. The second-order valence-corrected chi connectivity index (χ2v) is 8.42. The molecule has 2 amide bonds. The van der Waals surface area contributed by atoms with Crippen molar-refractivity contribution >= 4 is 23.8 Å². The molecule has 2 aliphatic rings. The Kier molecular flexibility index (Phi) is 5.08. The van der Waals surface area contributed by atoms with Gasteiger partial charge in [0.05, 0.1) is 12.0 Å². The van der Waals surface area contributed by atoms with Gasteiger partial charge in [-0.25, -0.2) is 4.79 Å². The number of carboxylic acid groups (broad SMARTS) is 1. The highest BCUT2D eigenvalue weighted by Crippen LogP contribution is 2.44. The minimum absolute atomic E-state index is 0.0624. The minimum atomic E-state index is -0.963. The molecule has 33 heavy (non-hydrogen) atoms. The zero-order valence-electron chi connectivity index (χ0n) is 17.6. The number of hydrogen-bond acceptors (Lipinski definition) is 5. The molecule has 3 aromatic rings. The summed E-state index contributed by atoms with van der Waals surface area (Å²) in [6.07, 6.45) is 0.422. The second kappa shape index (κ2) is 8.09. The van der Waals surface area contributed by atoms with E-state index >= 15 is 0 Å². The molecule has 0 unspecified atom stereocenters. The normalized spacial score (nSPS) is 15.3.